The van der Waals surface area contributed by atoms with Crippen LogP contribution in [0.15, 0.2) is 22.4 Å². The van der Waals surface area contributed by atoms with Gasteiger partial charge in [0.05, 0.1) is 5.03 Å². The van der Waals surface area contributed by atoms with Gasteiger partial charge in [-0.3, -0.25) is 4.79 Å². The molecule has 0 aromatic heterocycles. The fourth-order valence-electron chi connectivity index (χ4n) is 1.60. The van der Waals surface area contributed by atoms with Crippen molar-refractivity contribution in [3.8, 4) is 0 Å². The molecule has 0 aromatic carbocycles. The molecule has 0 fully saturated rings. The summed E-state index contributed by atoms with van der Waals surface area (Å²) in [7, 11) is 1.83. The van der Waals surface area contributed by atoms with Crippen molar-refractivity contribution in [3.05, 3.63) is 22.4 Å². The zero-order valence-corrected chi connectivity index (χ0v) is 9.99. The summed E-state index contributed by atoms with van der Waals surface area (Å²) >= 11 is 11.5. The Labute approximate surface area is 94.2 Å². The zero-order chi connectivity index (χ0) is 10.9. The minimum Gasteiger partial charge on any atom is -0.363 e. The molecule has 78 valence electrons. The van der Waals surface area contributed by atoms with Crippen LogP contribution >= 0.6 is 23.2 Å². The maximum absolute atomic E-state index is 11.2. The van der Waals surface area contributed by atoms with Crippen molar-refractivity contribution >= 4 is 28.4 Å². The first-order chi connectivity index (χ1) is 6.49. The van der Waals surface area contributed by atoms with E-state index in [2.05, 4.69) is 6.92 Å². The Morgan fingerprint density at radius 1 is 1.64 bits per heavy atom. The summed E-state index contributed by atoms with van der Waals surface area (Å²) < 4.78 is 0. The fourth-order valence-corrected chi connectivity index (χ4v) is 2.16. The molecule has 0 radical (unpaired) electrons. The van der Waals surface area contributed by atoms with Crippen LogP contribution in [0.5, 0.6) is 0 Å². The standard InChI is InChI=1S/C10H13Cl2NO/c1-4-7-5-6(2)8(11)9(10(12)14)13(7)3/h5,7H,4H2,1-3H3. The number of nitrogens with zero attached hydrogens (tertiary/aromatic N) is 1. The quantitative estimate of drug-likeness (QED) is 0.684. The van der Waals surface area contributed by atoms with Crippen LogP contribution in [0.25, 0.3) is 0 Å². The average molecular weight is 234 g/mol. The molecule has 0 N–H and O–H groups in total. The lowest BCUT2D eigenvalue weighted by Crippen LogP contribution is -2.34. The van der Waals surface area contributed by atoms with Crippen LogP contribution in [-0.4, -0.2) is 23.2 Å². The van der Waals surface area contributed by atoms with Gasteiger partial charge in [0.25, 0.3) is 5.24 Å². The van der Waals surface area contributed by atoms with Gasteiger partial charge >= 0.3 is 0 Å². The van der Waals surface area contributed by atoms with Crippen LogP contribution < -0.4 is 0 Å². The van der Waals surface area contributed by atoms with Crippen LogP contribution in [0.2, 0.25) is 0 Å². The van der Waals surface area contributed by atoms with Crippen LogP contribution in [0.1, 0.15) is 20.3 Å². The minimum atomic E-state index is -0.497. The number of hydrogen-bond donors (Lipinski definition) is 0. The lowest BCUT2D eigenvalue weighted by atomic mass is 10.0. The van der Waals surface area contributed by atoms with E-state index in [-0.39, 0.29) is 6.04 Å². The molecule has 4 heteroatoms. The van der Waals surface area contributed by atoms with E-state index < -0.39 is 5.24 Å². The lowest BCUT2D eigenvalue weighted by Gasteiger charge is -2.32. The third-order valence-corrected chi connectivity index (χ3v) is 3.11. The van der Waals surface area contributed by atoms with Gasteiger partial charge < -0.3 is 4.90 Å². The molecule has 0 bridgehead atoms. The lowest BCUT2D eigenvalue weighted by molar-refractivity contribution is -0.110. The van der Waals surface area contributed by atoms with Crippen LogP contribution in [0.4, 0.5) is 0 Å². The average Bonchev–Trinajstić information content (AvgIpc) is 2.11. The SMILES string of the molecule is CCC1C=C(C)C(Cl)=C(C(=O)Cl)N1C. The maximum Gasteiger partial charge on any atom is 0.270 e. The summed E-state index contributed by atoms with van der Waals surface area (Å²) in [5.74, 6) is 0. The number of carbonyl (C=O) groups excluding carboxylic acids is 1. The van der Waals surface area contributed by atoms with Gasteiger partial charge in [0.15, 0.2) is 0 Å². The summed E-state index contributed by atoms with van der Waals surface area (Å²) in [6.45, 7) is 3.94. The minimum absolute atomic E-state index is 0.204. The van der Waals surface area contributed by atoms with Gasteiger partial charge in [-0.2, -0.15) is 0 Å². The molecule has 1 aliphatic heterocycles. The van der Waals surface area contributed by atoms with Crippen molar-refractivity contribution in [3.63, 3.8) is 0 Å². The third kappa shape index (κ3) is 1.96. The predicted molar refractivity (Wildman–Crippen MR) is 59.3 cm³/mol. The van der Waals surface area contributed by atoms with Crippen LogP contribution in [0, 0.1) is 0 Å². The van der Waals surface area contributed by atoms with E-state index in [1.807, 2.05) is 24.9 Å². The monoisotopic (exact) mass is 233 g/mol. The van der Waals surface area contributed by atoms with Crippen molar-refractivity contribution in [2.75, 3.05) is 7.05 Å². The Hall–Kier alpha value is -0.470. The second kappa shape index (κ2) is 4.37. The second-order valence-electron chi connectivity index (χ2n) is 3.37. The number of likely N-dealkylation sites (N-methyl/N-ethyl adjacent to an activating group) is 1. The summed E-state index contributed by atoms with van der Waals surface area (Å²) in [5.41, 5.74) is 1.32. The van der Waals surface area contributed by atoms with Crippen molar-refractivity contribution in [1.82, 2.24) is 4.90 Å². The van der Waals surface area contributed by atoms with E-state index >= 15 is 0 Å². The summed E-state index contributed by atoms with van der Waals surface area (Å²) in [6.07, 6.45) is 2.97. The molecule has 0 aliphatic carbocycles. The van der Waals surface area contributed by atoms with Crippen molar-refractivity contribution in [2.45, 2.75) is 26.3 Å². The van der Waals surface area contributed by atoms with E-state index in [0.717, 1.165) is 12.0 Å². The normalized spacial score (nSPS) is 22.5. The molecule has 0 amide bonds. The van der Waals surface area contributed by atoms with E-state index in [4.69, 9.17) is 23.2 Å². The number of rotatable bonds is 2. The first-order valence-electron chi connectivity index (χ1n) is 4.50. The molecule has 0 spiro atoms. The Kier molecular flexibility index (Phi) is 3.62. The highest BCUT2D eigenvalue weighted by Gasteiger charge is 2.26. The van der Waals surface area contributed by atoms with E-state index in [9.17, 15) is 4.79 Å². The third-order valence-electron chi connectivity index (χ3n) is 2.45. The van der Waals surface area contributed by atoms with Gasteiger partial charge in [0.1, 0.15) is 5.70 Å². The van der Waals surface area contributed by atoms with Crippen molar-refractivity contribution in [1.29, 1.82) is 0 Å². The molecule has 2 nitrogen and oxygen atoms in total. The zero-order valence-electron chi connectivity index (χ0n) is 8.47. The van der Waals surface area contributed by atoms with Gasteiger partial charge in [-0.1, -0.05) is 24.6 Å². The topological polar surface area (TPSA) is 20.3 Å². The summed E-state index contributed by atoms with van der Waals surface area (Å²) in [6, 6.07) is 0.204. The predicted octanol–water partition coefficient (Wildman–Crippen LogP) is 2.87. The first-order valence-corrected chi connectivity index (χ1v) is 5.25. The molecule has 1 atom stereocenters. The Morgan fingerprint density at radius 2 is 2.21 bits per heavy atom. The molecule has 1 aliphatic rings. The molecule has 0 saturated heterocycles. The van der Waals surface area contributed by atoms with Gasteiger partial charge in [-0.25, -0.2) is 0 Å². The molecule has 1 heterocycles. The number of allylic oxidation sites excluding steroid dienone is 3. The Bertz CT molecular complexity index is 320. The van der Waals surface area contributed by atoms with E-state index in [1.54, 1.807) is 0 Å². The van der Waals surface area contributed by atoms with Crippen molar-refractivity contribution < 1.29 is 4.79 Å². The highest BCUT2D eigenvalue weighted by Crippen LogP contribution is 2.30. The highest BCUT2D eigenvalue weighted by atomic mass is 35.5. The van der Waals surface area contributed by atoms with Gasteiger partial charge in [-0.05, 0) is 30.5 Å². The summed E-state index contributed by atoms with van der Waals surface area (Å²) in [5, 5.41) is -0.0411. The maximum atomic E-state index is 11.2. The highest BCUT2D eigenvalue weighted by molar-refractivity contribution is 6.68. The van der Waals surface area contributed by atoms with E-state index in [0.29, 0.717) is 10.7 Å². The summed E-state index contributed by atoms with van der Waals surface area (Å²) in [4.78, 5) is 13.0. The van der Waals surface area contributed by atoms with Gasteiger partial charge in [0, 0.05) is 13.1 Å². The fraction of sp³-hybridized carbons (Fsp3) is 0.500. The largest absolute Gasteiger partial charge is 0.363 e. The molecule has 1 rings (SSSR count). The molecule has 14 heavy (non-hydrogen) atoms. The number of carbonyl (C=O) groups is 1. The van der Waals surface area contributed by atoms with Crippen molar-refractivity contribution in [2.24, 2.45) is 0 Å². The number of hydrogen-bond acceptors (Lipinski definition) is 2. The van der Waals surface area contributed by atoms with Crippen LogP contribution in [-0.2, 0) is 4.79 Å². The Balaban J connectivity index is 3.15. The van der Waals surface area contributed by atoms with Crippen LogP contribution in [0.3, 0.4) is 0 Å². The van der Waals surface area contributed by atoms with E-state index in [1.165, 1.54) is 0 Å². The smallest absolute Gasteiger partial charge is 0.270 e. The molecule has 0 saturated carbocycles. The number of halogens is 2. The van der Waals surface area contributed by atoms with Gasteiger partial charge in [-0.15, -0.1) is 0 Å². The molecule has 1 unspecified atom stereocenters. The second-order valence-corrected chi connectivity index (χ2v) is 4.09. The Morgan fingerprint density at radius 3 is 2.64 bits per heavy atom. The van der Waals surface area contributed by atoms with Gasteiger partial charge in [0.2, 0.25) is 0 Å². The molecule has 0 aromatic rings. The molecular formula is C10H13Cl2NO. The first kappa shape index (κ1) is 11.6. The molecular weight excluding hydrogens is 221 g/mol.